The van der Waals surface area contributed by atoms with Crippen molar-refractivity contribution in [2.45, 2.75) is 6.92 Å². The molecular weight excluding hydrogens is 417 g/mol. The molecule has 2 aromatic carbocycles. The van der Waals surface area contributed by atoms with Crippen molar-refractivity contribution in [3.8, 4) is 0 Å². The second-order valence-electron chi connectivity index (χ2n) is 6.89. The molecule has 2 aromatic heterocycles. The number of aromatic nitrogens is 1. The summed E-state index contributed by atoms with van der Waals surface area (Å²) in [5.41, 5.74) is 5.90. The summed E-state index contributed by atoms with van der Waals surface area (Å²) in [6.45, 7) is 1.81. The van der Waals surface area contributed by atoms with E-state index in [9.17, 15) is 14.0 Å². The number of hydrazone groups is 1. The van der Waals surface area contributed by atoms with Gasteiger partial charge in [-0.3, -0.25) is 9.59 Å². The van der Waals surface area contributed by atoms with Crippen LogP contribution in [0.4, 0.5) is 4.39 Å². The van der Waals surface area contributed by atoms with Crippen LogP contribution in [0.25, 0.3) is 5.52 Å². The van der Waals surface area contributed by atoms with Crippen LogP contribution in [0.15, 0.2) is 78.0 Å². The molecule has 0 aliphatic heterocycles. The molecule has 0 saturated heterocycles. The van der Waals surface area contributed by atoms with Crippen molar-refractivity contribution in [1.29, 1.82) is 0 Å². The molecule has 0 fully saturated rings. The van der Waals surface area contributed by atoms with Gasteiger partial charge in [0.05, 0.1) is 17.4 Å². The number of hydrogen-bond acceptors (Lipinski definition) is 3. The average molecular weight is 434 g/mol. The number of carbonyl (C=O) groups is 2. The first-order chi connectivity index (χ1) is 15.0. The highest BCUT2D eigenvalue weighted by atomic mass is 35.5. The molecule has 2 heterocycles. The number of ketones is 1. The molecule has 0 saturated carbocycles. The van der Waals surface area contributed by atoms with Crippen LogP contribution < -0.4 is 5.43 Å². The zero-order valence-electron chi connectivity index (χ0n) is 16.5. The normalized spacial score (nSPS) is 11.2. The van der Waals surface area contributed by atoms with E-state index in [1.54, 1.807) is 34.9 Å². The molecule has 4 rings (SSSR count). The van der Waals surface area contributed by atoms with Crippen LogP contribution in [-0.2, 0) is 0 Å². The molecule has 5 nitrogen and oxygen atoms in total. The highest BCUT2D eigenvalue weighted by Crippen LogP contribution is 2.24. The lowest BCUT2D eigenvalue weighted by Crippen LogP contribution is -2.17. The summed E-state index contributed by atoms with van der Waals surface area (Å²) in [5, 5.41) is 4.61. The van der Waals surface area contributed by atoms with Gasteiger partial charge >= 0.3 is 0 Å². The van der Waals surface area contributed by atoms with Crippen LogP contribution in [0.1, 0.15) is 37.5 Å². The minimum Gasteiger partial charge on any atom is -0.313 e. The summed E-state index contributed by atoms with van der Waals surface area (Å²) in [6, 6.07) is 17.4. The summed E-state index contributed by atoms with van der Waals surface area (Å²) in [7, 11) is 0. The molecule has 0 radical (unpaired) electrons. The minimum absolute atomic E-state index is 0.233. The summed E-state index contributed by atoms with van der Waals surface area (Å²) >= 11 is 5.84. The van der Waals surface area contributed by atoms with Crippen LogP contribution in [0.3, 0.4) is 0 Å². The Bertz CT molecular complexity index is 1310. The van der Waals surface area contributed by atoms with Crippen LogP contribution in [-0.4, -0.2) is 22.3 Å². The van der Waals surface area contributed by atoms with Crippen molar-refractivity contribution in [2.75, 3.05) is 0 Å². The van der Waals surface area contributed by atoms with E-state index in [1.807, 2.05) is 25.1 Å². The maximum atomic E-state index is 13.3. The maximum Gasteiger partial charge on any atom is 0.271 e. The predicted octanol–water partition coefficient (Wildman–Crippen LogP) is 5.04. The van der Waals surface area contributed by atoms with E-state index in [-0.39, 0.29) is 11.7 Å². The Labute approximate surface area is 182 Å². The van der Waals surface area contributed by atoms with E-state index in [0.717, 1.165) is 5.52 Å². The highest BCUT2D eigenvalue weighted by Gasteiger charge is 2.21. The minimum atomic E-state index is -0.405. The fraction of sp³-hybridized carbons (Fsp3) is 0.0417. The van der Waals surface area contributed by atoms with Crippen LogP contribution in [0.5, 0.6) is 0 Å². The van der Waals surface area contributed by atoms with E-state index in [2.05, 4.69) is 10.5 Å². The van der Waals surface area contributed by atoms with Gasteiger partial charge in [-0.05, 0) is 73.2 Å². The molecule has 7 heteroatoms. The third kappa shape index (κ3) is 4.11. The quantitative estimate of drug-likeness (QED) is 0.272. The van der Waals surface area contributed by atoms with E-state index < -0.39 is 5.82 Å². The number of nitrogens with one attached hydrogen (secondary N) is 1. The van der Waals surface area contributed by atoms with Crippen molar-refractivity contribution >= 4 is 35.0 Å². The van der Waals surface area contributed by atoms with Gasteiger partial charge in [-0.15, -0.1) is 0 Å². The van der Waals surface area contributed by atoms with E-state index in [0.29, 0.717) is 33.0 Å². The smallest absolute Gasteiger partial charge is 0.271 e. The highest BCUT2D eigenvalue weighted by molar-refractivity contribution is 6.30. The average Bonchev–Trinajstić information content (AvgIpc) is 3.05. The Balaban J connectivity index is 1.67. The number of carbonyl (C=O) groups excluding carboxylic acids is 2. The largest absolute Gasteiger partial charge is 0.313 e. The number of halogens is 2. The summed E-state index contributed by atoms with van der Waals surface area (Å²) < 4.78 is 15.0. The number of benzene rings is 2. The lowest BCUT2D eigenvalue weighted by Gasteiger charge is -2.04. The number of pyridine rings is 1. The molecule has 1 N–H and O–H groups in total. The molecule has 0 bridgehead atoms. The van der Waals surface area contributed by atoms with Crippen LogP contribution in [0, 0.1) is 12.7 Å². The van der Waals surface area contributed by atoms with Crippen molar-refractivity contribution < 1.29 is 14.0 Å². The zero-order valence-corrected chi connectivity index (χ0v) is 17.2. The Hall–Kier alpha value is -3.77. The van der Waals surface area contributed by atoms with Crippen molar-refractivity contribution in [1.82, 2.24) is 9.83 Å². The standard InChI is InChI=1S/C24H17ClFN3O2/c1-15-20(14-27-28-24(31)17-5-9-18(25)10-6-17)21-4-2-3-13-29(21)22(15)23(30)16-7-11-19(26)12-8-16/h2-14H,1H3,(H,28,31). The summed E-state index contributed by atoms with van der Waals surface area (Å²) in [6.07, 6.45) is 3.29. The second kappa shape index (κ2) is 8.53. The zero-order chi connectivity index (χ0) is 22.0. The molecule has 1 amide bonds. The molecule has 0 aliphatic rings. The lowest BCUT2D eigenvalue weighted by atomic mass is 10.0. The predicted molar refractivity (Wildman–Crippen MR) is 118 cm³/mol. The van der Waals surface area contributed by atoms with Gasteiger partial charge in [-0.25, -0.2) is 9.82 Å². The molecule has 154 valence electrons. The van der Waals surface area contributed by atoms with Crippen molar-refractivity contribution in [3.63, 3.8) is 0 Å². The van der Waals surface area contributed by atoms with Gasteiger partial charge in [0.1, 0.15) is 5.82 Å². The topological polar surface area (TPSA) is 62.9 Å². The molecule has 0 spiro atoms. The first kappa shape index (κ1) is 20.5. The molecule has 4 aromatic rings. The Morgan fingerprint density at radius 1 is 1.00 bits per heavy atom. The Morgan fingerprint density at radius 3 is 2.39 bits per heavy atom. The molecule has 0 unspecified atom stereocenters. The van der Waals surface area contributed by atoms with Gasteiger partial charge in [0, 0.05) is 27.9 Å². The Morgan fingerprint density at radius 2 is 1.68 bits per heavy atom. The van der Waals surface area contributed by atoms with Gasteiger partial charge in [-0.2, -0.15) is 5.10 Å². The first-order valence-corrected chi connectivity index (χ1v) is 9.82. The first-order valence-electron chi connectivity index (χ1n) is 9.44. The third-order valence-corrected chi connectivity index (χ3v) is 5.18. The SMILES string of the molecule is Cc1c(C=NNC(=O)c2ccc(Cl)cc2)c2ccccn2c1C(=O)c1ccc(F)cc1. The van der Waals surface area contributed by atoms with Crippen molar-refractivity contribution in [3.05, 3.63) is 112 Å². The van der Waals surface area contributed by atoms with Gasteiger partial charge in [0.15, 0.2) is 0 Å². The monoisotopic (exact) mass is 433 g/mol. The second-order valence-corrected chi connectivity index (χ2v) is 7.32. The summed E-state index contributed by atoms with van der Waals surface area (Å²) in [5.74, 6) is -1.02. The van der Waals surface area contributed by atoms with E-state index >= 15 is 0 Å². The Kier molecular flexibility index (Phi) is 5.64. The summed E-state index contributed by atoms with van der Waals surface area (Å²) in [4.78, 5) is 25.4. The maximum absolute atomic E-state index is 13.3. The lowest BCUT2D eigenvalue weighted by molar-refractivity contribution is 0.0954. The van der Waals surface area contributed by atoms with Crippen LogP contribution >= 0.6 is 11.6 Å². The molecular formula is C24H17ClFN3O2. The third-order valence-electron chi connectivity index (χ3n) is 4.92. The van der Waals surface area contributed by atoms with E-state index in [4.69, 9.17) is 11.6 Å². The van der Waals surface area contributed by atoms with E-state index in [1.165, 1.54) is 30.5 Å². The van der Waals surface area contributed by atoms with Crippen LogP contribution in [0.2, 0.25) is 5.02 Å². The molecule has 0 atom stereocenters. The number of hydrogen-bond donors (Lipinski definition) is 1. The number of rotatable bonds is 5. The fourth-order valence-corrected chi connectivity index (χ4v) is 3.49. The van der Waals surface area contributed by atoms with Gasteiger partial charge < -0.3 is 4.40 Å². The molecule has 31 heavy (non-hydrogen) atoms. The van der Waals surface area contributed by atoms with Crippen molar-refractivity contribution in [2.24, 2.45) is 5.10 Å². The van der Waals surface area contributed by atoms with Gasteiger partial charge in [0.25, 0.3) is 5.91 Å². The van der Waals surface area contributed by atoms with Gasteiger partial charge in [0.2, 0.25) is 5.78 Å². The number of amides is 1. The molecule has 0 aliphatic carbocycles. The number of fused-ring (bicyclic) bond motifs is 1. The fourth-order valence-electron chi connectivity index (χ4n) is 3.36. The van der Waals surface area contributed by atoms with Gasteiger partial charge in [-0.1, -0.05) is 17.7 Å². The number of nitrogens with zero attached hydrogens (tertiary/aromatic N) is 2.